The summed E-state index contributed by atoms with van der Waals surface area (Å²) in [6.45, 7) is 1.32. The molecule has 41 heavy (non-hydrogen) atoms. The summed E-state index contributed by atoms with van der Waals surface area (Å²) in [5, 5.41) is 2.69. The molecule has 0 fully saturated rings. The largest absolute Gasteiger partial charge is 0.457 e. The summed E-state index contributed by atoms with van der Waals surface area (Å²) in [6.07, 6.45) is -0.339. The lowest BCUT2D eigenvalue weighted by Gasteiger charge is -2.09. The van der Waals surface area contributed by atoms with Crippen LogP contribution in [0.15, 0.2) is 108 Å². The van der Waals surface area contributed by atoms with Gasteiger partial charge in [0.1, 0.15) is 22.1 Å². The highest BCUT2D eigenvalue weighted by atomic mass is 32.2. The highest BCUT2D eigenvalue weighted by Crippen LogP contribution is 2.23. The Morgan fingerprint density at radius 2 is 1.32 bits per heavy atom. The molecule has 0 atom stereocenters. The van der Waals surface area contributed by atoms with E-state index in [0.717, 1.165) is 5.56 Å². The van der Waals surface area contributed by atoms with Gasteiger partial charge in [0.25, 0.3) is 0 Å². The van der Waals surface area contributed by atoms with E-state index in [1.165, 1.54) is 36.4 Å². The molecule has 0 spiro atoms. The predicted molar refractivity (Wildman–Crippen MR) is 152 cm³/mol. The number of para-hydroxylation sites is 1. The molecule has 0 bridgehead atoms. The summed E-state index contributed by atoms with van der Waals surface area (Å²) in [6, 6.07) is 27.7. The number of nitrogens with one attached hydrogen (secondary N) is 1. The van der Waals surface area contributed by atoms with E-state index in [4.69, 9.17) is 13.7 Å². The number of benzene rings is 4. The first-order valence-electron chi connectivity index (χ1n) is 12.6. The maximum absolute atomic E-state index is 12.4. The fourth-order valence-corrected chi connectivity index (χ4v) is 4.48. The second kappa shape index (κ2) is 13.4. The Hall–Kier alpha value is -4.96. The van der Waals surface area contributed by atoms with Crippen LogP contribution in [-0.2, 0) is 24.4 Å². The Bertz CT molecular complexity index is 1600. The van der Waals surface area contributed by atoms with Gasteiger partial charge in [0.2, 0.25) is 5.91 Å². The number of ketones is 1. The van der Waals surface area contributed by atoms with Crippen LogP contribution in [0.3, 0.4) is 0 Å². The van der Waals surface area contributed by atoms with Crippen LogP contribution < -0.4 is 14.2 Å². The normalized spacial score (nSPS) is 10.9. The number of amides is 1. The number of esters is 1. The molecule has 0 saturated heterocycles. The van der Waals surface area contributed by atoms with E-state index in [9.17, 15) is 22.8 Å². The van der Waals surface area contributed by atoms with E-state index in [1.54, 1.807) is 36.4 Å². The van der Waals surface area contributed by atoms with Crippen molar-refractivity contribution in [1.82, 2.24) is 0 Å². The SMILES string of the molecule is Cc1ccc(S(=O)(=O)Oc2ccc(C(=O)COC(=O)CCC(=O)Nc3ccc(Oc4ccccc4)cc3)cc2)cc1. The molecule has 4 rings (SSSR count). The number of anilines is 1. The first kappa shape index (κ1) is 29.0. The van der Waals surface area contributed by atoms with Crippen LogP contribution in [0.25, 0.3) is 0 Å². The molecule has 4 aromatic rings. The zero-order valence-corrected chi connectivity index (χ0v) is 22.9. The monoisotopic (exact) mass is 573 g/mol. The summed E-state index contributed by atoms with van der Waals surface area (Å²) >= 11 is 0. The minimum absolute atomic E-state index is 0.00943. The molecule has 0 aliphatic rings. The summed E-state index contributed by atoms with van der Waals surface area (Å²) < 4.78 is 40.7. The van der Waals surface area contributed by atoms with E-state index < -0.39 is 28.5 Å². The molecule has 0 aliphatic carbocycles. The van der Waals surface area contributed by atoms with Crippen LogP contribution in [0.2, 0.25) is 0 Å². The Kier molecular flexibility index (Phi) is 9.49. The highest BCUT2D eigenvalue weighted by Gasteiger charge is 2.17. The van der Waals surface area contributed by atoms with Crippen molar-refractivity contribution in [1.29, 1.82) is 0 Å². The van der Waals surface area contributed by atoms with Gasteiger partial charge in [-0.2, -0.15) is 8.42 Å². The quantitative estimate of drug-likeness (QED) is 0.130. The molecule has 4 aromatic carbocycles. The fraction of sp³-hybridized carbons (Fsp3) is 0.129. The zero-order chi connectivity index (χ0) is 29.2. The first-order valence-corrected chi connectivity index (χ1v) is 14.0. The van der Waals surface area contributed by atoms with E-state index in [1.807, 2.05) is 37.3 Å². The number of rotatable bonds is 12. The lowest BCUT2D eigenvalue weighted by atomic mass is 10.1. The van der Waals surface area contributed by atoms with Gasteiger partial charge in [0.15, 0.2) is 12.4 Å². The Labute approximate surface area is 237 Å². The van der Waals surface area contributed by atoms with Crippen molar-refractivity contribution in [2.45, 2.75) is 24.7 Å². The van der Waals surface area contributed by atoms with E-state index in [-0.39, 0.29) is 35.0 Å². The molecule has 0 unspecified atom stereocenters. The third-order valence-corrected chi connectivity index (χ3v) is 6.99. The van der Waals surface area contributed by atoms with Crippen LogP contribution in [-0.4, -0.2) is 32.7 Å². The minimum Gasteiger partial charge on any atom is -0.457 e. The molecule has 0 heterocycles. The Morgan fingerprint density at radius 3 is 1.98 bits per heavy atom. The average molecular weight is 574 g/mol. The molecule has 0 aliphatic heterocycles. The minimum atomic E-state index is -4.02. The smallest absolute Gasteiger partial charge is 0.339 e. The molecule has 10 heteroatoms. The van der Waals surface area contributed by atoms with E-state index >= 15 is 0 Å². The number of hydrogen-bond donors (Lipinski definition) is 1. The number of ether oxygens (including phenoxy) is 2. The van der Waals surface area contributed by atoms with Gasteiger partial charge in [0, 0.05) is 17.7 Å². The van der Waals surface area contributed by atoms with Gasteiger partial charge in [0.05, 0.1) is 6.42 Å². The van der Waals surface area contributed by atoms with Gasteiger partial charge in [-0.25, -0.2) is 0 Å². The van der Waals surface area contributed by atoms with Crippen LogP contribution >= 0.6 is 0 Å². The number of carbonyl (C=O) groups excluding carboxylic acids is 3. The number of carbonyl (C=O) groups is 3. The third kappa shape index (κ3) is 8.77. The van der Waals surface area contributed by atoms with Gasteiger partial charge < -0.3 is 19.0 Å². The number of hydrogen-bond acceptors (Lipinski definition) is 8. The maximum atomic E-state index is 12.4. The molecular weight excluding hydrogens is 546 g/mol. The zero-order valence-electron chi connectivity index (χ0n) is 22.1. The highest BCUT2D eigenvalue weighted by molar-refractivity contribution is 7.87. The van der Waals surface area contributed by atoms with E-state index in [0.29, 0.717) is 17.2 Å². The number of aryl methyl sites for hydroxylation is 1. The summed E-state index contributed by atoms with van der Waals surface area (Å²) in [4.78, 5) is 36.7. The van der Waals surface area contributed by atoms with Crippen molar-refractivity contribution in [3.8, 4) is 17.2 Å². The topological polar surface area (TPSA) is 125 Å². The summed E-state index contributed by atoms with van der Waals surface area (Å²) in [7, 11) is -4.02. The lowest BCUT2D eigenvalue weighted by molar-refractivity contribution is -0.143. The van der Waals surface area contributed by atoms with Crippen molar-refractivity contribution in [3.63, 3.8) is 0 Å². The molecule has 210 valence electrons. The van der Waals surface area contributed by atoms with Crippen LogP contribution in [0, 0.1) is 6.92 Å². The fourth-order valence-electron chi connectivity index (χ4n) is 3.55. The van der Waals surface area contributed by atoms with Crippen LogP contribution in [0.4, 0.5) is 5.69 Å². The van der Waals surface area contributed by atoms with Gasteiger partial charge in [-0.1, -0.05) is 35.9 Å². The molecule has 1 amide bonds. The molecule has 0 aromatic heterocycles. The van der Waals surface area contributed by atoms with Crippen molar-refractivity contribution < 1.29 is 36.5 Å². The van der Waals surface area contributed by atoms with Gasteiger partial charge in [-0.05, 0) is 79.7 Å². The van der Waals surface area contributed by atoms with Crippen LogP contribution in [0.5, 0.6) is 17.2 Å². The van der Waals surface area contributed by atoms with Crippen molar-refractivity contribution in [3.05, 3.63) is 114 Å². The first-order chi connectivity index (χ1) is 19.7. The predicted octanol–water partition coefficient (Wildman–Crippen LogP) is 5.70. The third-order valence-electron chi connectivity index (χ3n) is 5.73. The van der Waals surface area contributed by atoms with Crippen molar-refractivity contribution in [2.24, 2.45) is 0 Å². The Morgan fingerprint density at radius 1 is 0.707 bits per heavy atom. The second-order valence-corrected chi connectivity index (χ2v) is 10.5. The molecule has 1 N–H and O–H groups in total. The average Bonchev–Trinajstić information content (AvgIpc) is 2.97. The van der Waals surface area contributed by atoms with Gasteiger partial charge in [-0.3, -0.25) is 14.4 Å². The van der Waals surface area contributed by atoms with Crippen molar-refractivity contribution >= 4 is 33.5 Å². The second-order valence-electron chi connectivity index (χ2n) is 8.95. The maximum Gasteiger partial charge on any atom is 0.339 e. The molecule has 0 radical (unpaired) electrons. The standard InChI is InChI=1S/C31H27NO8S/c1-22-7-17-28(18-8-22)41(36,37)40-27-13-9-23(10-14-27)29(33)21-38-31(35)20-19-30(34)32-24-11-15-26(16-12-24)39-25-5-3-2-4-6-25/h2-18H,19-21H2,1H3,(H,32,34). The van der Waals surface area contributed by atoms with E-state index in [2.05, 4.69) is 5.32 Å². The Balaban J connectivity index is 1.18. The summed E-state index contributed by atoms with van der Waals surface area (Å²) in [5.41, 5.74) is 1.65. The molecule has 9 nitrogen and oxygen atoms in total. The van der Waals surface area contributed by atoms with Gasteiger partial charge >= 0.3 is 16.1 Å². The van der Waals surface area contributed by atoms with Gasteiger partial charge in [-0.15, -0.1) is 0 Å². The van der Waals surface area contributed by atoms with Crippen LogP contribution in [0.1, 0.15) is 28.8 Å². The molecule has 0 saturated carbocycles. The molecular formula is C31H27NO8S. The number of Topliss-reactive ketones (excluding diaryl/α,β-unsaturated/α-hetero) is 1. The van der Waals surface area contributed by atoms with Crippen molar-refractivity contribution in [2.75, 3.05) is 11.9 Å². The summed E-state index contributed by atoms with van der Waals surface area (Å²) in [5.74, 6) is -0.254. The lowest BCUT2D eigenvalue weighted by Crippen LogP contribution is -2.17.